The molecule has 0 saturated heterocycles. The van der Waals surface area contributed by atoms with Gasteiger partial charge in [-0.1, -0.05) is 172 Å². The molecule has 0 nitrogen and oxygen atoms in total. The molecular formula is C49H82. The monoisotopic (exact) mass is 671 g/mol. The van der Waals surface area contributed by atoms with E-state index in [1.807, 2.05) is 0 Å². The van der Waals surface area contributed by atoms with Crippen LogP contribution >= 0.6 is 0 Å². The van der Waals surface area contributed by atoms with Crippen LogP contribution in [0.15, 0.2) is 42.5 Å². The smallest absolute Gasteiger partial charge is 0.0302 e. The lowest BCUT2D eigenvalue weighted by Gasteiger charge is -2.28. The molecule has 0 amide bonds. The van der Waals surface area contributed by atoms with Crippen molar-refractivity contribution in [3.8, 4) is 0 Å². The summed E-state index contributed by atoms with van der Waals surface area (Å²) in [5.41, 5.74) is 17.5. The lowest BCUT2D eigenvalue weighted by molar-refractivity contribution is 0.240. The van der Waals surface area contributed by atoms with E-state index in [1.165, 1.54) is 92.9 Å². The van der Waals surface area contributed by atoms with Crippen LogP contribution in [0.3, 0.4) is 0 Å². The summed E-state index contributed by atoms with van der Waals surface area (Å²) in [4.78, 5) is 0. The van der Waals surface area contributed by atoms with E-state index in [9.17, 15) is 0 Å². The Hall–Kier alpha value is -2.34. The molecule has 3 aromatic carbocycles. The highest BCUT2D eigenvalue weighted by Gasteiger charge is 2.20. The van der Waals surface area contributed by atoms with E-state index in [2.05, 4.69) is 146 Å². The molecule has 0 N–H and O–H groups in total. The normalized spacial score (nSPS) is 10.8. The zero-order valence-electron chi connectivity index (χ0n) is 35.6. The molecule has 0 heterocycles. The molecule has 3 aromatic rings. The van der Waals surface area contributed by atoms with Crippen molar-refractivity contribution in [2.45, 2.75) is 200 Å². The van der Waals surface area contributed by atoms with Crippen molar-refractivity contribution in [3.05, 3.63) is 104 Å². The number of hydrogen-bond donors (Lipinski definition) is 0. The Morgan fingerprint density at radius 1 is 0.286 bits per heavy atom. The summed E-state index contributed by atoms with van der Waals surface area (Å²) < 4.78 is 0. The van der Waals surface area contributed by atoms with Crippen molar-refractivity contribution in [3.63, 3.8) is 0 Å². The van der Waals surface area contributed by atoms with Crippen molar-refractivity contribution in [2.75, 3.05) is 0 Å². The molecule has 49 heavy (non-hydrogen) atoms. The first-order chi connectivity index (χ1) is 23.6. The second-order valence-electron chi connectivity index (χ2n) is 13.7. The molecule has 0 spiro atoms. The van der Waals surface area contributed by atoms with Gasteiger partial charge in [-0.15, -0.1) is 0 Å². The summed E-state index contributed by atoms with van der Waals surface area (Å²) in [5, 5.41) is 0. The van der Waals surface area contributed by atoms with Crippen LogP contribution in [0.5, 0.6) is 0 Å². The number of rotatable bonds is 15. The fourth-order valence-electron chi connectivity index (χ4n) is 7.34. The summed E-state index contributed by atoms with van der Waals surface area (Å²) in [7, 11) is 0. The SMILES string of the molecule is CCC(CC)(CC)CC.CCc1cc(CC)c(CC)c(CC)c1.CCc1cc(CC)c(CC)cc1CC.CCc1ccc(CC)c(CC)c1. The number of hydrogen-bond acceptors (Lipinski definition) is 0. The Balaban J connectivity index is 0.000000636. The standard InChI is InChI=1S/2C14H22.C12H18.C9H20/c1-5-11-9-13(7-3)14(8-4)10-12(11)6-2;1-5-11-9-12(6-2)14(8-4)13(7-3)10-11;1-4-10-7-8-11(5-2)12(6-3)9-10;1-5-9(6-2,7-3)8-4/h2*9-10H,5-8H2,1-4H3;7-9H,4-6H2,1-3H3;5-8H2,1-4H3. The predicted molar refractivity (Wildman–Crippen MR) is 226 cm³/mol. The van der Waals surface area contributed by atoms with Gasteiger partial charge in [-0.25, -0.2) is 0 Å². The fraction of sp³-hybridized carbons (Fsp3) is 0.633. The molecular weight excluding hydrogens is 589 g/mol. The van der Waals surface area contributed by atoms with Crippen LogP contribution in [0.4, 0.5) is 0 Å². The second-order valence-corrected chi connectivity index (χ2v) is 13.7. The van der Waals surface area contributed by atoms with Gasteiger partial charge in [0.15, 0.2) is 0 Å². The molecule has 0 unspecified atom stereocenters. The summed E-state index contributed by atoms with van der Waals surface area (Å²) in [6.45, 7) is 33.9. The van der Waals surface area contributed by atoms with E-state index in [0.717, 1.165) is 25.7 Å². The van der Waals surface area contributed by atoms with Crippen LogP contribution in [-0.2, 0) is 70.6 Å². The van der Waals surface area contributed by atoms with E-state index in [1.54, 1.807) is 38.9 Å². The summed E-state index contributed by atoms with van der Waals surface area (Å²) in [5.74, 6) is 0. The third kappa shape index (κ3) is 14.8. The Labute approximate surface area is 308 Å². The van der Waals surface area contributed by atoms with Gasteiger partial charge in [-0.3, -0.25) is 0 Å². The Morgan fingerprint density at radius 2 is 0.592 bits per heavy atom. The van der Waals surface area contributed by atoms with Crippen molar-refractivity contribution in [1.29, 1.82) is 0 Å². The summed E-state index contributed by atoms with van der Waals surface area (Å²) in [6.07, 6.45) is 18.2. The largest absolute Gasteiger partial charge is 0.0649 e. The lowest BCUT2D eigenvalue weighted by atomic mass is 9.78. The van der Waals surface area contributed by atoms with Gasteiger partial charge < -0.3 is 0 Å². The van der Waals surface area contributed by atoms with Crippen LogP contribution < -0.4 is 0 Å². The molecule has 278 valence electrons. The molecule has 0 aromatic heterocycles. The van der Waals surface area contributed by atoms with Gasteiger partial charge >= 0.3 is 0 Å². The molecule has 0 aliphatic rings. The quantitative estimate of drug-likeness (QED) is 0.151. The molecule has 0 bridgehead atoms. The van der Waals surface area contributed by atoms with E-state index < -0.39 is 0 Å². The average Bonchev–Trinajstić information content (AvgIpc) is 3.17. The highest BCUT2D eigenvalue weighted by atomic mass is 14.3. The molecule has 0 fully saturated rings. The molecule has 0 aliphatic carbocycles. The van der Waals surface area contributed by atoms with Crippen LogP contribution in [0.25, 0.3) is 0 Å². The van der Waals surface area contributed by atoms with Crippen LogP contribution in [0, 0.1) is 5.41 Å². The van der Waals surface area contributed by atoms with Crippen LogP contribution in [-0.4, -0.2) is 0 Å². The predicted octanol–water partition coefficient (Wildman–Crippen LogP) is 14.9. The first-order valence-electron chi connectivity index (χ1n) is 21.0. The Kier molecular flexibility index (Phi) is 25.2. The topological polar surface area (TPSA) is 0 Å². The zero-order chi connectivity index (χ0) is 37.4. The molecule has 0 atom stereocenters. The van der Waals surface area contributed by atoms with Crippen LogP contribution in [0.1, 0.15) is 191 Å². The van der Waals surface area contributed by atoms with Gasteiger partial charge in [-0.05, 0) is 137 Å². The van der Waals surface area contributed by atoms with Gasteiger partial charge in [-0.2, -0.15) is 0 Å². The summed E-state index contributed by atoms with van der Waals surface area (Å²) >= 11 is 0. The third-order valence-corrected chi connectivity index (χ3v) is 11.5. The molecule has 0 aliphatic heterocycles. The van der Waals surface area contributed by atoms with E-state index in [-0.39, 0.29) is 0 Å². The average molecular weight is 671 g/mol. The minimum atomic E-state index is 0.667. The Morgan fingerprint density at radius 3 is 0.837 bits per heavy atom. The number of benzene rings is 3. The molecule has 0 saturated carbocycles. The van der Waals surface area contributed by atoms with Crippen molar-refractivity contribution >= 4 is 0 Å². The van der Waals surface area contributed by atoms with Crippen LogP contribution in [0.2, 0.25) is 0 Å². The highest BCUT2D eigenvalue weighted by molar-refractivity contribution is 5.40. The first-order valence-corrected chi connectivity index (χ1v) is 21.0. The molecule has 3 rings (SSSR count). The maximum absolute atomic E-state index is 2.41. The van der Waals surface area contributed by atoms with Gasteiger partial charge in [0, 0.05) is 0 Å². The van der Waals surface area contributed by atoms with Gasteiger partial charge in [0.05, 0.1) is 0 Å². The van der Waals surface area contributed by atoms with E-state index >= 15 is 0 Å². The summed E-state index contributed by atoms with van der Waals surface area (Å²) in [6, 6.07) is 16.5. The molecule has 0 radical (unpaired) electrons. The minimum Gasteiger partial charge on any atom is -0.0649 e. The second kappa shape index (κ2) is 26.5. The van der Waals surface area contributed by atoms with Crippen molar-refractivity contribution in [2.24, 2.45) is 5.41 Å². The third-order valence-electron chi connectivity index (χ3n) is 11.5. The maximum atomic E-state index is 2.41. The molecule has 0 heteroatoms. The van der Waals surface area contributed by atoms with Crippen molar-refractivity contribution in [1.82, 2.24) is 0 Å². The maximum Gasteiger partial charge on any atom is -0.0302 e. The van der Waals surface area contributed by atoms with E-state index in [0.29, 0.717) is 5.41 Å². The lowest BCUT2D eigenvalue weighted by Crippen LogP contribution is -2.15. The first kappa shape index (κ1) is 46.7. The Bertz CT molecular complexity index is 1180. The fourth-order valence-corrected chi connectivity index (χ4v) is 7.34. The van der Waals surface area contributed by atoms with Crippen molar-refractivity contribution < 1.29 is 0 Å². The zero-order valence-corrected chi connectivity index (χ0v) is 35.6. The minimum absolute atomic E-state index is 0.667. The highest BCUT2D eigenvalue weighted by Crippen LogP contribution is 2.33. The van der Waals surface area contributed by atoms with Gasteiger partial charge in [0.1, 0.15) is 0 Å². The number of aryl methyl sites for hydroxylation is 10. The van der Waals surface area contributed by atoms with Gasteiger partial charge in [0.2, 0.25) is 0 Å². The van der Waals surface area contributed by atoms with Gasteiger partial charge in [0.25, 0.3) is 0 Å². The van der Waals surface area contributed by atoms with E-state index in [4.69, 9.17) is 0 Å².